The molecule has 1 aromatic carbocycles. The SMILES string of the molecule is C=C/C(=C\C=C(/C)c1ccc2nc(NC(=O)OC(C)(C)C)sc2c1)CC. The number of carbonyl (C=O) groups excluding carboxylic acids is 1. The first kappa shape index (κ1) is 19.9. The zero-order valence-electron chi connectivity index (χ0n) is 16.1. The van der Waals surface area contributed by atoms with E-state index in [4.69, 9.17) is 4.74 Å². The largest absolute Gasteiger partial charge is 0.444 e. The number of benzene rings is 1. The van der Waals surface area contributed by atoms with Gasteiger partial charge >= 0.3 is 6.09 Å². The molecule has 0 saturated carbocycles. The molecule has 1 heterocycles. The lowest BCUT2D eigenvalue weighted by Crippen LogP contribution is -2.27. The van der Waals surface area contributed by atoms with Gasteiger partial charge in [-0.25, -0.2) is 9.78 Å². The number of amides is 1. The second-order valence-electron chi connectivity index (χ2n) is 6.98. The average molecular weight is 371 g/mol. The number of nitrogens with zero attached hydrogens (tertiary/aromatic N) is 1. The Kier molecular flexibility index (Phi) is 6.37. The van der Waals surface area contributed by atoms with Gasteiger partial charge in [0, 0.05) is 0 Å². The molecule has 0 aliphatic heterocycles. The number of aromatic nitrogens is 1. The minimum absolute atomic E-state index is 0.491. The number of anilines is 1. The molecular weight excluding hydrogens is 344 g/mol. The summed E-state index contributed by atoms with van der Waals surface area (Å²) in [6, 6.07) is 6.10. The monoisotopic (exact) mass is 370 g/mol. The van der Waals surface area contributed by atoms with Gasteiger partial charge in [0.2, 0.25) is 0 Å². The summed E-state index contributed by atoms with van der Waals surface area (Å²) in [7, 11) is 0. The number of hydrogen-bond acceptors (Lipinski definition) is 4. The predicted molar refractivity (Wildman–Crippen MR) is 112 cm³/mol. The number of fused-ring (bicyclic) bond motifs is 1. The molecule has 26 heavy (non-hydrogen) atoms. The van der Waals surface area contributed by atoms with Gasteiger partial charge in [0.15, 0.2) is 5.13 Å². The van der Waals surface area contributed by atoms with Gasteiger partial charge < -0.3 is 4.74 Å². The maximum absolute atomic E-state index is 11.9. The van der Waals surface area contributed by atoms with Gasteiger partial charge in [-0.15, -0.1) is 0 Å². The van der Waals surface area contributed by atoms with Crippen molar-refractivity contribution in [2.45, 2.75) is 46.6 Å². The summed E-state index contributed by atoms with van der Waals surface area (Å²) in [5, 5.41) is 3.24. The van der Waals surface area contributed by atoms with Gasteiger partial charge in [-0.3, -0.25) is 5.32 Å². The van der Waals surface area contributed by atoms with E-state index >= 15 is 0 Å². The second kappa shape index (κ2) is 8.32. The molecule has 0 aliphatic carbocycles. The number of thiazole rings is 1. The molecule has 0 bridgehead atoms. The number of carbonyl (C=O) groups is 1. The summed E-state index contributed by atoms with van der Waals surface area (Å²) >= 11 is 1.43. The summed E-state index contributed by atoms with van der Waals surface area (Å²) in [5.74, 6) is 0. The maximum Gasteiger partial charge on any atom is 0.413 e. The van der Waals surface area contributed by atoms with Crippen LogP contribution in [0.2, 0.25) is 0 Å². The molecule has 1 N–H and O–H groups in total. The van der Waals surface area contributed by atoms with Crippen LogP contribution in [0.25, 0.3) is 15.8 Å². The average Bonchev–Trinajstić information content (AvgIpc) is 2.94. The second-order valence-corrected chi connectivity index (χ2v) is 8.01. The predicted octanol–water partition coefficient (Wildman–Crippen LogP) is 6.57. The minimum atomic E-state index is -0.536. The van der Waals surface area contributed by atoms with E-state index in [0.29, 0.717) is 5.13 Å². The quantitative estimate of drug-likeness (QED) is 0.606. The fourth-order valence-electron chi connectivity index (χ4n) is 2.27. The van der Waals surface area contributed by atoms with Crippen molar-refractivity contribution in [1.29, 1.82) is 0 Å². The molecule has 5 heteroatoms. The van der Waals surface area contributed by atoms with Crippen LogP contribution < -0.4 is 5.32 Å². The van der Waals surface area contributed by atoms with Crippen molar-refractivity contribution in [3.63, 3.8) is 0 Å². The minimum Gasteiger partial charge on any atom is -0.444 e. The van der Waals surface area contributed by atoms with Gasteiger partial charge in [0.1, 0.15) is 5.60 Å². The fraction of sp³-hybridized carbons (Fsp3) is 0.333. The van der Waals surface area contributed by atoms with Gasteiger partial charge in [-0.1, -0.05) is 49.1 Å². The van der Waals surface area contributed by atoms with Gasteiger partial charge in [0.25, 0.3) is 0 Å². The van der Waals surface area contributed by atoms with Crippen molar-refractivity contribution in [3.05, 3.63) is 54.1 Å². The Balaban J connectivity index is 2.21. The topological polar surface area (TPSA) is 51.2 Å². The van der Waals surface area contributed by atoms with Crippen LogP contribution in [0.3, 0.4) is 0 Å². The van der Waals surface area contributed by atoms with Crippen LogP contribution >= 0.6 is 11.3 Å². The van der Waals surface area contributed by atoms with Crippen LogP contribution in [0.4, 0.5) is 9.93 Å². The summed E-state index contributed by atoms with van der Waals surface area (Å²) in [5.41, 5.74) is 3.81. The van der Waals surface area contributed by atoms with Crippen molar-refractivity contribution < 1.29 is 9.53 Å². The highest BCUT2D eigenvalue weighted by molar-refractivity contribution is 7.22. The van der Waals surface area contributed by atoms with Crippen LogP contribution in [-0.4, -0.2) is 16.7 Å². The number of rotatable bonds is 5. The number of ether oxygens (including phenoxy) is 1. The highest BCUT2D eigenvalue weighted by Crippen LogP contribution is 2.29. The Morgan fingerprint density at radius 1 is 1.35 bits per heavy atom. The summed E-state index contributed by atoms with van der Waals surface area (Å²) < 4.78 is 6.29. The molecule has 1 amide bonds. The number of allylic oxidation sites excluding steroid dienone is 5. The molecule has 0 fully saturated rings. The molecule has 0 spiro atoms. The Bertz CT molecular complexity index is 870. The van der Waals surface area contributed by atoms with Crippen LogP contribution in [0.5, 0.6) is 0 Å². The van der Waals surface area contributed by atoms with Gasteiger partial charge in [0.05, 0.1) is 10.2 Å². The van der Waals surface area contributed by atoms with Gasteiger partial charge in [-0.05, 0) is 63.0 Å². The van der Waals surface area contributed by atoms with E-state index in [1.165, 1.54) is 16.9 Å². The van der Waals surface area contributed by atoms with Crippen LogP contribution in [0, 0.1) is 0 Å². The molecule has 4 nitrogen and oxygen atoms in total. The Hall–Kier alpha value is -2.40. The lowest BCUT2D eigenvalue weighted by atomic mass is 10.1. The third-order valence-corrected chi connectivity index (χ3v) is 4.60. The maximum atomic E-state index is 11.9. The molecule has 2 aromatic rings. The van der Waals surface area contributed by atoms with Crippen molar-refractivity contribution >= 4 is 38.4 Å². The van der Waals surface area contributed by atoms with Crippen molar-refractivity contribution in [2.24, 2.45) is 0 Å². The summed E-state index contributed by atoms with van der Waals surface area (Å²) in [6.45, 7) is 13.5. The third-order valence-electron chi connectivity index (χ3n) is 3.67. The lowest BCUT2D eigenvalue weighted by molar-refractivity contribution is 0.0636. The smallest absolute Gasteiger partial charge is 0.413 e. The van der Waals surface area contributed by atoms with Crippen LogP contribution in [-0.2, 0) is 4.74 Å². The molecule has 0 unspecified atom stereocenters. The number of hydrogen-bond donors (Lipinski definition) is 1. The molecule has 0 saturated heterocycles. The third kappa shape index (κ3) is 5.56. The normalized spacial score (nSPS) is 13.0. The highest BCUT2D eigenvalue weighted by Gasteiger charge is 2.17. The molecule has 2 rings (SSSR count). The van der Waals surface area contributed by atoms with E-state index in [-0.39, 0.29) is 0 Å². The Labute approximate surface area is 159 Å². The first-order valence-corrected chi connectivity index (χ1v) is 9.44. The zero-order valence-corrected chi connectivity index (χ0v) is 16.9. The Morgan fingerprint density at radius 2 is 2.08 bits per heavy atom. The molecule has 138 valence electrons. The van der Waals surface area contributed by atoms with E-state index in [9.17, 15) is 4.79 Å². The zero-order chi connectivity index (χ0) is 19.3. The molecule has 1 aromatic heterocycles. The molecular formula is C21H26N2O2S. The van der Waals surface area contributed by atoms with E-state index < -0.39 is 11.7 Å². The van der Waals surface area contributed by atoms with E-state index in [0.717, 1.165) is 27.8 Å². The molecule has 0 radical (unpaired) electrons. The van der Waals surface area contributed by atoms with Crippen molar-refractivity contribution in [2.75, 3.05) is 5.32 Å². The lowest BCUT2D eigenvalue weighted by Gasteiger charge is -2.18. The Morgan fingerprint density at radius 3 is 2.69 bits per heavy atom. The summed E-state index contributed by atoms with van der Waals surface area (Å²) in [6.07, 6.45) is 6.54. The van der Waals surface area contributed by atoms with Gasteiger partial charge in [-0.2, -0.15) is 0 Å². The van der Waals surface area contributed by atoms with Crippen LogP contribution in [0.1, 0.15) is 46.6 Å². The van der Waals surface area contributed by atoms with Crippen LogP contribution in [0.15, 0.2) is 48.6 Å². The van der Waals surface area contributed by atoms with E-state index in [2.05, 4.69) is 48.9 Å². The summed E-state index contributed by atoms with van der Waals surface area (Å²) in [4.78, 5) is 16.3. The standard InChI is InChI=1S/C21H26N2O2S/c1-7-15(8-2)10-9-14(3)16-11-12-17-18(13-16)26-19(22-17)23-20(24)25-21(4,5)6/h7,9-13H,1,8H2,2-6H3,(H,22,23,24)/b14-9+,15-10+. The van der Waals surface area contributed by atoms with E-state index in [1.807, 2.05) is 39.0 Å². The van der Waals surface area contributed by atoms with Crippen molar-refractivity contribution in [3.8, 4) is 0 Å². The van der Waals surface area contributed by atoms with Crippen molar-refractivity contribution in [1.82, 2.24) is 4.98 Å². The highest BCUT2D eigenvalue weighted by atomic mass is 32.1. The first-order chi connectivity index (χ1) is 12.2. The molecule has 0 aliphatic rings. The molecule has 0 atom stereocenters. The number of nitrogens with one attached hydrogen (secondary N) is 1. The first-order valence-electron chi connectivity index (χ1n) is 8.62. The van der Waals surface area contributed by atoms with E-state index in [1.54, 1.807) is 0 Å². The fourth-order valence-corrected chi connectivity index (χ4v) is 3.16.